The molecular formula is C24H30N4O3. The number of hydrogen-bond acceptors (Lipinski definition) is 4. The van der Waals surface area contributed by atoms with Crippen LogP contribution in [0.25, 0.3) is 0 Å². The first-order valence-corrected chi connectivity index (χ1v) is 10.7. The maximum absolute atomic E-state index is 12.9. The van der Waals surface area contributed by atoms with Crippen LogP contribution in [0.5, 0.6) is 0 Å². The number of fused-ring (bicyclic) bond motifs is 1. The van der Waals surface area contributed by atoms with Crippen molar-refractivity contribution in [3.8, 4) is 11.8 Å². The van der Waals surface area contributed by atoms with Crippen molar-refractivity contribution >= 4 is 12.4 Å². The Bertz CT molecular complexity index is 904. The van der Waals surface area contributed by atoms with Crippen LogP contribution in [0.2, 0.25) is 0 Å². The summed E-state index contributed by atoms with van der Waals surface area (Å²) in [6.45, 7) is 6.39. The van der Waals surface area contributed by atoms with E-state index >= 15 is 0 Å². The Morgan fingerprint density at radius 2 is 2.06 bits per heavy atom. The number of likely N-dealkylation sites (tertiary alicyclic amines) is 2. The van der Waals surface area contributed by atoms with Crippen LogP contribution in [0.15, 0.2) is 42.7 Å². The Kier molecular flexibility index (Phi) is 7.85. The summed E-state index contributed by atoms with van der Waals surface area (Å²) >= 11 is 0. The molecule has 2 fully saturated rings. The van der Waals surface area contributed by atoms with E-state index in [-0.39, 0.29) is 17.8 Å². The lowest BCUT2D eigenvalue weighted by atomic mass is 9.76. The van der Waals surface area contributed by atoms with E-state index < -0.39 is 0 Å². The highest BCUT2D eigenvalue weighted by atomic mass is 16.3. The van der Waals surface area contributed by atoms with Gasteiger partial charge in [0, 0.05) is 44.2 Å². The molecule has 4 rings (SSSR count). The first-order valence-electron chi connectivity index (χ1n) is 10.7. The van der Waals surface area contributed by atoms with E-state index in [1.807, 2.05) is 4.90 Å². The third kappa shape index (κ3) is 5.53. The largest absolute Gasteiger partial charge is 0.483 e. The second-order valence-corrected chi connectivity index (χ2v) is 8.20. The second-order valence-electron chi connectivity index (χ2n) is 8.20. The monoisotopic (exact) mass is 422 g/mol. The first kappa shape index (κ1) is 22.6. The minimum Gasteiger partial charge on any atom is -0.483 e. The number of aromatic amines is 1. The van der Waals surface area contributed by atoms with Gasteiger partial charge >= 0.3 is 0 Å². The zero-order chi connectivity index (χ0) is 22.1. The van der Waals surface area contributed by atoms with Crippen LogP contribution in [-0.4, -0.2) is 70.2 Å². The fourth-order valence-corrected chi connectivity index (χ4v) is 4.80. The summed E-state index contributed by atoms with van der Waals surface area (Å²) in [4.78, 5) is 25.8. The summed E-state index contributed by atoms with van der Waals surface area (Å²) < 4.78 is 0. The number of benzene rings is 1. The number of rotatable bonds is 5. The number of carboxylic acid groups (broad SMARTS) is 1. The molecule has 164 valence electrons. The Morgan fingerprint density at radius 1 is 1.29 bits per heavy atom. The van der Waals surface area contributed by atoms with Crippen LogP contribution in [0.4, 0.5) is 0 Å². The highest BCUT2D eigenvalue weighted by Crippen LogP contribution is 2.46. The van der Waals surface area contributed by atoms with Crippen molar-refractivity contribution in [1.29, 1.82) is 0 Å². The molecule has 2 aliphatic rings. The normalized spacial score (nSPS) is 22.1. The van der Waals surface area contributed by atoms with E-state index in [0.717, 1.165) is 52.0 Å². The van der Waals surface area contributed by atoms with Gasteiger partial charge in [0.05, 0.1) is 18.3 Å². The summed E-state index contributed by atoms with van der Waals surface area (Å²) in [5.74, 6) is 7.09. The van der Waals surface area contributed by atoms with Crippen molar-refractivity contribution in [3.63, 3.8) is 0 Å². The molecule has 0 saturated carbocycles. The number of H-pyrrole nitrogens is 1. The topological polar surface area (TPSA) is 89.5 Å². The maximum Gasteiger partial charge on any atom is 0.290 e. The minimum absolute atomic E-state index is 0.0968. The summed E-state index contributed by atoms with van der Waals surface area (Å²) in [5.41, 5.74) is 2.19. The van der Waals surface area contributed by atoms with Gasteiger partial charge in [-0.2, -0.15) is 5.10 Å². The molecule has 2 atom stereocenters. The van der Waals surface area contributed by atoms with Crippen molar-refractivity contribution in [1.82, 2.24) is 20.0 Å². The minimum atomic E-state index is -0.250. The molecule has 0 bridgehead atoms. The predicted octanol–water partition coefficient (Wildman–Crippen LogP) is 2.53. The first-order chi connectivity index (χ1) is 15.1. The molecule has 0 radical (unpaired) electrons. The number of carbonyl (C=O) groups is 2. The molecule has 2 unspecified atom stereocenters. The average molecular weight is 423 g/mol. The molecule has 7 nitrogen and oxygen atoms in total. The summed E-state index contributed by atoms with van der Waals surface area (Å²) in [7, 11) is 0. The van der Waals surface area contributed by atoms with Gasteiger partial charge in [-0.25, -0.2) is 0 Å². The molecule has 2 N–H and O–H groups in total. The predicted molar refractivity (Wildman–Crippen MR) is 118 cm³/mol. The van der Waals surface area contributed by atoms with Crippen LogP contribution in [0.3, 0.4) is 0 Å². The van der Waals surface area contributed by atoms with Gasteiger partial charge in [0.1, 0.15) is 0 Å². The molecule has 0 aliphatic carbocycles. The standard InChI is InChI=1S/C23H28N4O.CH2O2/c1-2-3-7-12-26-15-21-16-27(22(28)20-13-24-25-14-20)18-23(21,17-26)11-10-19-8-5-4-6-9-19;2-1-3/h4-6,8-9,13-14,21H,2,10-12,15-18H2,1H3,(H,24,25);1H,(H,2,3). The molecule has 3 heterocycles. The highest BCUT2D eigenvalue weighted by molar-refractivity contribution is 5.94. The fraction of sp³-hybridized carbons (Fsp3) is 0.458. The maximum atomic E-state index is 12.9. The Hall–Kier alpha value is -3.11. The average Bonchev–Trinajstić information content (AvgIpc) is 3.49. The van der Waals surface area contributed by atoms with E-state index in [1.165, 1.54) is 5.56 Å². The number of aryl methyl sites for hydroxylation is 1. The van der Waals surface area contributed by atoms with Gasteiger partial charge in [-0.3, -0.25) is 19.6 Å². The van der Waals surface area contributed by atoms with E-state index in [4.69, 9.17) is 9.90 Å². The van der Waals surface area contributed by atoms with Gasteiger partial charge in [-0.05, 0) is 24.3 Å². The number of hydrogen-bond donors (Lipinski definition) is 2. The van der Waals surface area contributed by atoms with Gasteiger partial charge in [0.2, 0.25) is 0 Å². The van der Waals surface area contributed by atoms with Crippen molar-refractivity contribution in [2.45, 2.75) is 26.2 Å². The lowest BCUT2D eigenvalue weighted by molar-refractivity contribution is -0.122. The number of carbonyl (C=O) groups excluding carboxylic acids is 1. The van der Waals surface area contributed by atoms with Gasteiger partial charge in [0.25, 0.3) is 12.4 Å². The molecule has 1 aromatic carbocycles. The van der Waals surface area contributed by atoms with Crippen molar-refractivity contribution in [2.75, 3.05) is 32.7 Å². The number of nitrogens with one attached hydrogen (secondary N) is 1. The van der Waals surface area contributed by atoms with E-state index in [9.17, 15) is 4.79 Å². The van der Waals surface area contributed by atoms with E-state index in [1.54, 1.807) is 12.4 Å². The SMILES string of the molecule is CCC#CCN1CC2CN(C(=O)c3cn[nH]c3)CC2(CCc2ccccc2)C1.O=CO. The molecular weight excluding hydrogens is 392 g/mol. The van der Waals surface area contributed by atoms with Crippen LogP contribution in [0, 0.1) is 23.2 Å². The van der Waals surface area contributed by atoms with Gasteiger partial charge in [-0.15, -0.1) is 5.92 Å². The Morgan fingerprint density at radius 3 is 2.74 bits per heavy atom. The molecule has 0 spiro atoms. The van der Waals surface area contributed by atoms with Gasteiger partial charge in [0.15, 0.2) is 0 Å². The summed E-state index contributed by atoms with van der Waals surface area (Å²) in [5, 5.41) is 13.6. The zero-order valence-corrected chi connectivity index (χ0v) is 18.0. The number of amides is 1. The summed E-state index contributed by atoms with van der Waals surface area (Å²) in [6.07, 6.45) is 6.39. The Labute approximate surface area is 183 Å². The van der Waals surface area contributed by atoms with Crippen LogP contribution >= 0.6 is 0 Å². The van der Waals surface area contributed by atoms with Gasteiger partial charge in [-0.1, -0.05) is 43.2 Å². The third-order valence-electron chi connectivity index (χ3n) is 6.22. The third-order valence-corrected chi connectivity index (χ3v) is 6.22. The summed E-state index contributed by atoms with van der Waals surface area (Å²) in [6, 6.07) is 10.7. The van der Waals surface area contributed by atoms with Crippen molar-refractivity contribution in [2.24, 2.45) is 11.3 Å². The molecule has 1 aromatic heterocycles. The fourth-order valence-electron chi connectivity index (χ4n) is 4.80. The van der Waals surface area contributed by atoms with E-state index in [2.05, 4.69) is 64.2 Å². The number of aromatic nitrogens is 2. The molecule has 1 amide bonds. The lowest BCUT2D eigenvalue weighted by Gasteiger charge is -2.29. The highest BCUT2D eigenvalue weighted by Gasteiger charge is 2.52. The van der Waals surface area contributed by atoms with Crippen molar-refractivity contribution < 1.29 is 14.7 Å². The molecule has 7 heteroatoms. The molecule has 2 aliphatic heterocycles. The lowest BCUT2D eigenvalue weighted by Crippen LogP contribution is -2.37. The van der Waals surface area contributed by atoms with Crippen molar-refractivity contribution in [3.05, 3.63) is 53.9 Å². The van der Waals surface area contributed by atoms with E-state index in [0.29, 0.717) is 11.5 Å². The second kappa shape index (κ2) is 10.8. The zero-order valence-electron chi connectivity index (χ0n) is 18.0. The van der Waals surface area contributed by atoms with Crippen LogP contribution < -0.4 is 0 Å². The molecule has 31 heavy (non-hydrogen) atoms. The Balaban J connectivity index is 0.000000858. The molecule has 2 saturated heterocycles. The number of nitrogens with zero attached hydrogens (tertiary/aromatic N) is 3. The van der Waals surface area contributed by atoms with Crippen LogP contribution in [0.1, 0.15) is 35.7 Å². The smallest absolute Gasteiger partial charge is 0.290 e. The van der Waals surface area contributed by atoms with Crippen LogP contribution in [-0.2, 0) is 11.2 Å². The quantitative estimate of drug-likeness (QED) is 0.571. The van der Waals surface area contributed by atoms with Gasteiger partial charge < -0.3 is 10.0 Å². The molecule has 2 aromatic rings.